The van der Waals surface area contributed by atoms with Crippen molar-refractivity contribution in [2.24, 2.45) is 5.73 Å². The summed E-state index contributed by atoms with van der Waals surface area (Å²) in [5, 5.41) is 0. The number of hydrogen-bond donors (Lipinski definition) is 1. The number of hydrogen-bond acceptors (Lipinski definition) is 4. The number of rotatable bonds is 6. The third-order valence-corrected chi connectivity index (χ3v) is 3.04. The Labute approximate surface area is 135 Å². The summed E-state index contributed by atoms with van der Waals surface area (Å²) in [7, 11) is 1.32. The van der Waals surface area contributed by atoms with Crippen LogP contribution in [0, 0.1) is 5.82 Å². The monoisotopic (exact) mass is 345 g/mol. The first-order valence-electron chi connectivity index (χ1n) is 6.91. The van der Waals surface area contributed by atoms with Gasteiger partial charge in [0.1, 0.15) is 6.61 Å². The van der Waals surface area contributed by atoms with Crippen LogP contribution < -0.4 is 19.9 Å². The van der Waals surface area contributed by atoms with Crippen LogP contribution in [0.3, 0.4) is 0 Å². The molecule has 0 atom stereocenters. The highest BCUT2D eigenvalue weighted by Gasteiger charge is 2.32. The molecular weight excluding hydrogens is 330 g/mol. The van der Waals surface area contributed by atoms with Gasteiger partial charge in [-0.15, -0.1) is 13.2 Å². The van der Waals surface area contributed by atoms with Crippen LogP contribution in [0.1, 0.15) is 0 Å². The molecular formula is C16H15F4NO3. The highest BCUT2D eigenvalue weighted by molar-refractivity contribution is 5.69. The van der Waals surface area contributed by atoms with Gasteiger partial charge in [0.25, 0.3) is 0 Å². The molecule has 0 saturated heterocycles. The van der Waals surface area contributed by atoms with E-state index in [0.29, 0.717) is 5.56 Å². The molecule has 24 heavy (non-hydrogen) atoms. The van der Waals surface area contributed by atoms with Gasteiger partial charge < -0.3 is 19.9 Å². The Kier molecular flexibility index (Phi) is 5.50. The maximum atomic E-state index is 14.3. The lowest BCUT2D eigenvalue weighted by molar-refractivity contribution is -0.275. The highest BCUT2D eigenvalue weighted by Crippen LogP contribution is 2.37. The van der Waals surface area contributed by atoms with Crippen LogP contribution in [0.15, 0.2) is 36.4 Å². The molecule has 0 aliphatic carbocycles. The van der Waals surface area contributed by atoms with Crippen molar-refractivity contribution in [2.75, 3.05) is 20.3 Å². The molecule has 0 aliphatic heterocycles. The standard InChI is InChI=1S/C16H15F4NO3/c1-22-13-4-2-3-11(15(13)17)10-5-6-12(24-16(18,19)20)14(9-10)23-8-7-21/h2-6,9H,7-8,21H2,1H3. The lowest BCUT2D eigenvalue weighted by Crippen LogP contribution is -2.18. The van der Waals surface area contributed by atoms with Crippen molar-refractivity contribution in [3.63, 3.8) is 0 Å². The molecule has 0 spiro atoms. The number of nitrogens with two attached hydrogens (primary N) is 1. The van der Waals surface area contributed by atoms with Crippen LogP contribution in [0.25, 0.3) is 11.1 Å². The number of benzene rings is 2. The lowest BCUT2D eigenvalue weighted by atomic mass is 10.0. The number of ether oxygens (including phenoxy) is 3. The van der Waals surface area contributed by atoms with Crippen LogP contribution >= 0.6 is 0 Å². The summed E-state index contributed by atoms with van der Waals surface area (Å²) >= 11 is 0. The van der Waals surface area contributed by atoms with Gasteiger partial charge in [0.15, 0.2) is 23.1 Å². The van der Waals surface area contributed by atoms with Crippen molar-refractivity contribution in [3.8, 4) is 28.4 Å². The molecule has 0 radical (unpaired) electrons. The summed E-state index contributed by atoms with van der Waals surface area (Å²) in [5.41, 5.74) is 5.77. The second kappa shape index (κ2) is 7.39. The van der Waals surface area contributed by atoms with Crippen molar-refractivity contribution >= 4 is 0 Å². The molecule has 0 bridgehead atoms. The van der Waals surface area contributed by atoms with E-state index < -0.39 is 17.9 Å². The van der Waals surface area contributed by atoms with Gasteiger partial charge in [0.2, 0.25) is 0 Å². The minimum atomic E-state index is -4.87. The second-order valence-corrected chi connectivity index (χ2v) is 4.67. The molecule has 130 valence electrons. The number of halogens is 4. The predicted octanol–water partition coefficient (Wildman–Crippen LogP) is 3.74. The summed E-state index contributed by atoms with van der Waals surface area (Å²) in [4.78, 5) is 0. The summed E-state index contributed by atoms with van der Waals surface area (Å²) in [6.07, 6.45) is -4.87. The van der Waals surface area contributed by atoms with Crippen molar-refractivity contribution in [3.05, 3.63) is 42.2 Å². The van der Waals surface area contributed by atoms with Gasteiger partial charge >= 0.3 is 6.36 Å². The van der Waals surface area contributed by atoms with Crippen LogP contribution in [0.5, 0.6) is 17.2 Å². The van der Waals surface area contributed by atoms with E-state index in [1.807, 2.05) is 0 Å². The molecule has 2 rings (SSSR count). The first-order chi connectivity index (χ1) is 11.4. The largest absolute Gasteiger partial charge is 0.573 e. The van der Waals surface area contributed by atoms with Crippen molar-refractivity contribution < 1.29 is 31.8 Å². The molecule has 4 nitrogen and oxygen atoms in total. The van der Waals surface area contributed by atoms with Crippen LogP contribution in [-0.4, -0.2) is 26.6 Å². The summed E-state index contributed by atoms with van der Waals surface area (Å²) in [6.45, 7) is 0.0848. The van der Waals surface area contributed by atoms with Gasteiger partial charge in [-0.2, -0.15) is 0 Å². The molecule has 0 saturated carbocycles. The normalized spacial score (nSPS) is 11.2. The lowest BCUT2D eigenvalue weighted by Gasteiger charge is -2.15. The zero-order chi connectivity index (χ0) is 17.7. The minimum Gasteiger partial charge on any atom is -0.494 e. The van der Waals surface area contributed by atoms with Gasteiger partial charge in [0.05, 0.1) is 7.11 Å². The van der Waals surface area contributed by atoms with E-state index in [1.54, 1.807) is 6.07 Å². The van der Waals surface area contributed by atoms with Crippen LogP contribution in [0.4, 0.5) is 17.6 Å². The third kappa shape index (κ3) is 4.29. The fraction of sp³-hybridized carbons (Fsp3) is 0.250. The van der Waals surface area contributed by atoms with Crippen molar-refractivity contribution in [1.29, 1.82) is 0 Å². The van der Waals surface area contributed by atoms with Gasteiger partial charge in [0, 0.05) is 12.1 Å². The van der Waals surface area contributed by atoms with E-state index in [-0.39, 0.29) is 30.2 Å². The molecule has 2 N–H and O–H groups in total. The van der Waals surface area contributed by atoms with E-state index in [9.17, 15) is 17.6 Å². The van der Waals surface area contributed by atoms with Gasteiger partial charge in [-0.25, -0.2) is 4.39 Å². The Morgan fingerprint density at radius 3 is 2.42 bits per heavy atom. The molecule has 0 heterocycles. The summed E-state index contributed by atoms with van der Waals surface area (Å²) < 4.78 is 65.7. The Morgan fingerprint density at radius 1 is 1.04 bits per heavy atom. The predicted molar refractivity (Wildman–Crippen MR) is 79.6 cm³/mol. The quantitative estimate of drug-likeness (QED) is 0.811. The highest BCUT2D eigenvalue weighted by atomic mass is 19.4. The second-order valence-electron chi connectivity index (χ2n) is 4.67. The van der Waals surface area contributed by atoms with Gasteiger partial charge in [-0.1, -0.05) is 18.2 Å². The molecule has 2 aromatic carbocycles. The maximum Gasteiger partial charge on any atom is 0.573 e. The van der Waals surface area contributed by atoms with Crippen LogP contribution in [-0.2, 0) is 0 Å². The minimum absolute atomic E-state index is 0.0156. The van der Waals surface area contributed by atoms with E-state index >= 15 is 0 Å². The van der Waals surface area contributed by atoms with Crippen molar-refractivity contribution in [2.45, 2.75) is 6.36 Å². The molecule has 0 unspecified atom stereocenters. The Morgan fingerprint density at radius 2 is 1.79 bits per heavy atom. The SMILES string of the molecule is COc1cccc(-c2ccc(OC(F)(F)F)c(OCCN)c2)c1F. The zero-order valence-electron chi connectivity index (χ0n) is 12.7. The Balaban J connectivity index is 2.45. The van der Waals surface area contributed by atoms with E-state index in [1.165, 1.54) is 31.4 Å². The first-order valence-corrected chi connectivity index (χ1v) is 6.91. The molecule has 8 heteroatoms. The topological polar surface area (TPSA) is 53.7 Å². The first kappa shape index (κ1) is 17.9. The molecule has 0 aliphatic rings. The average molecular weight is 345 g/mol. The fourth-order valence-corrected chi connectivity index (χ4v) is 2.06. The fourth-order valence-electron chi connectivity index (χ4n) is 2.06. The average Bonchev–Trinajstić information content (AvgIpc) is 2.53. The molecule has 2 aromatic rings. The van der Waals surface area contributed by atoms with E-state index in [2.05, 4.69) is 4.74 Å². The van der Waals surface area contributed by atoms with Gasteiger partial charge in [-0.3, -0.25) is 0 Å². The summed E-state index contributed by atoms with van der Waals surface area (Å²) in [5.74, 6) is -1.32. The summed E-state index contributed by atoms with van der Waals surface area (Å²) in [6, 6.07) is 8.10. The number of methoxy groups -OCH3 is 1. The van der Waals surface area contributed by atoms with E-state index in [0.717, 1.165) is 6.07 Å². The molecule has 0 amide bonds. The van der Waals surface area contributed by atoms with Crippen LogP contribution in [0.2, 0.25) is 0 Å². The van der Waals surface area contributed by atoms with Gasteiger partial charge in [-0.05, 0) is 23.8 Å². The smallest absolute Gasteiger partial charge is 0.494 e. The van der Waals surface area contributed by atoms with Crippen molar-refractivity contribution in [1.82, 2.24) is 0 Å². The molecule has 0 fully saturated rings. The maximum absolute atomic E-state index is 14.3. The Hall–Kier alpha value is -2.48. The van der Waals surface area contributed by atoms with E-state index in [4.69, 9.17) is 15.2 Å². The third-order valence-electron chi connectivity index (χ3n) is 3.04. The number of alkyl halides is 3. The zero-order valence-corrected chi connectivity index (χ0v) is 12.7. The molecule has 0 aromatic heterocycles. The Bertz CT molecular complexity index is 704.